The van der Waals surface area contributed by atoms with Crippen molar-refractivity contribution in [1.82, 2.24) is 24.6 Å². The van der Waals surface area contributed by atoms with Crippen molar-refractivity contribution < 1.29 is 18.7 Å². The highest BCUT2D eigenvalue weighted by molar-refractivity contribution is 6.35. The van der Waals surface area contributed by atoms with Crippen molar-refractivity contribution in [2.75, 3.05) is 64.9 Å². The Balaban J connectivity index is 1.44. The van der Waals surface area contributed by atoms with Gasteiger partial charge in [0.1, 0.15) is 28.8 Å². The molecule has 0 N–H and O–H groups in total. The summed E-state index contributed by atoms with van der Waals surface area (Å²) in [6.45, 7) is 11.8. The molecule has 2 unspecified atom stereocenters. The number of nitrogens with zero attached hydrogens (tertiary/aromatic N) is 6. The van der Waals surface area contributed by atoms with E-state index in [0.29, 0.717) is 43.6 Å². The Hall–Kier alpha value is -3.21. The number of likely N-dealkylation sites (N-methyl/N-ethyl adjacent to an activating group) is 1. The van der Waals surface area contributed by atoms with Crippen LogP contribution in [0.3, 0.4) is 0 Å². The normalized spacial score (nSPS) is 25.4. The maximum absolute atomic E-state index is 15.2. The fourth-order valence-electron chi connectivity index (χ4n) is 7.15. The lowest BCUT2D eigenvalue weighted by molar-refractivity contribution is -0.128. The highest BCUT2D eigenvalue weighted by atomic mass is 35.5. The predicted molar refractivity (Wildman–Crippen MR) is 165 cm³/mol. The van der Waals surface area contributed by atoms with Crippen molar-refractivity contribution in [1.29, 1.82) is 0 Å². The molecule has 43 heavy (non-hydrogen) atoms. The number of carbonyl (C=O) groups excluding carboxylic acids is 2. The summed E-state index contributed by atoms with van der Waals surface area (Å²) in [7, 11) is 4.25. The third kappa shape index (κ3) is 5.27. The molecule has 5 heterocycles. The van der Waals surface area contributed by atoms with Gasteiger partial charge in [-0.3, -0.25) is 14.5 Å². The van der Waals surface area contributed by atoms with Crippen LogP contribution in [-0.2, 0) is 4.79 Å². The summed E-state index contributed by atoms with van der Waals surface area (Å²) in [6, 6.07) is 6.79. The van der Waals surface area contributed by atoms with Crippen LogP contribution in [0.4, 0.5) is 10.2 Å². The highest BCUT2D eigenvalue weighted by Crippen LogP contribution is 2.47. The molecule has 4 aliphatic heterocycles. The number of benzene rings is 1. The van der Waals surface area contributed by atoms with Crippen LogP contribution in [0, 0.1) is 5.82 Å². The topological polar surface area (TPSA) is 72.5 Å². The summed E-state index contributed by atoms with van der Waals surface area (Å²) >= 11 is 6.96. The van der Waals surface area contributed by atoms with Crippen molar-refractivity contribution >= 4 is 29.2 Å². The Morgan fingerprint density at radius 2 is 1.93 bits per heavy atom. The van der Waals surface area contributed by atoms with E-state index in [0.717, 1.165) is 25.9 Å². The monoisotopic (exact) mass is 610 g/mol. The number of pyridine rings is 1. The number of ether oxygens (including phenoxy) is 1. The maximum Gasteiger partial charge on any atom is 0.261 e. The molecule has 6 rings (SSSR count). The summed E-state index contributed by atoms with van der Waals surface area (Å²) in [5.41, 5.74) is 0.456. The van der Waals surface area contributed by atoms with Crippen molar-refractivity contribution in [3.05, 3.63) is 53.3 Å². The molecule has 2 aromatic rings. The molecule has 2 amide bonds. The largest absolute Gasteiger partial charge is 0.489 e. The number of rotatable bonds is 5. The average molecular weight is 611 g/mol. The standard InChI is InChI=1S/C32H40ClFN6O3/c1-6-25(41)38-13-14-39-22(17-38)19-43-29-26(31(39)42)30(35-28(27(29)33)23-9-7-8-10-24(23)34)40-18-21(15-32(40,2)3)37-12-11-20(16-37)36(4)5/h6-10,20-22H,1,11-19H2,2-5H3/t20?,21?,22-/m1/s1. The zero-order valence-corrected chi connectivity index (χ0v) is 26.1. The Morgan fingerprint density at radius 1 is 1.16 bits per heavy atom. The lowest BCUT2D eigenvalue weighted by atomic mass is 9.98. The zero-order valence-electron chi connectivity index (χ0n) is 25.4. The van der Waals surface area contributed by atoms with E-state index >= 15 is 4.39 Å². The van der Waals surface area contributed by atoms with E-state index in [1.807, 2.05) is 0 Å². The fourth-order valence-corrected chi connectivity index (χ4v) is 7.44. The number of amides is 2. The minimum Gasteiger partial charge on any atom is -0.489 e. The Bertz CT molecular complexity index is 1450. The summed E-state index contributed by atoms with van der Waals surface area (Å²) in [5, 5.41) is 0.109. The number of anilines is 1. The first-order valence-electron chi connectivity index (χ1n) is 15.0. The summed E-state index contributed by atoms with van der Waals surface area (Å²) in [4.78, 5) is 42.3. The maximum atomic E-state index is 15.2. The van der Waals surface area contributed by atoms with Gasteiger partial charge < -0.3 is 24.3 Å². The van der Waals surface area contributed by atoms with Gasteiger partial charge in [0.25, 0.3) is 5.91 Å². The molecule has 3 atom stereocenters. The second kappa shape index (κ2) is 11.4. The van der Waals surface area contributed by atoms with Crippen LogP contribution >= 0.6 is 11.6 Å². The summed E-state index contributed by atoms with van der Waals surface area (Å²) in [6.07, 6.45) is 3.29. The summed E-state index contributed by atoms with van der Waals surface area (Å²) < 4.78 is 21.5. The van der Waals surface area contributed by atoms with E-state index < -0.39 is 5.82 Å². The number of hydrogen-bond acceptors (Lipinski definition) is 7. The van der Waals surface area contributed by atoms with E-state index in [2.05, 4.69) is 49.2 Å². The van der Waals surface area contributed by atoms with Crippen LogP contribution < -0.4 is 9.64 Å². The minimum atomic E-state index is -0.455. The number of fused-ring (bicyclic) bond motifs is 2. The van der Waals surface area contributed by atoms with Crippen LogP contribution in [0.1, 0.15) is 37.0 Å². The molecular weight excluding hydrogens is 571 g/mol. The van der Waals surface area contributed by atoms with Gasteiger partial charge in [0, 0.05) is 62.5 Å². The van der Waals surface area contributed by atoms with Gasteiger partial charge >= 0.3 is 0 Å². The molecule has 0 aliphatic carbocycles. The first kappa shape index (κ1) is 29.8. The molecule has 3 fully saturated rings. The van der Waals surface area contributed by atoms with Gasteiger partial charge in [0.05, 0.1) is 11.7 Å². The molecule has 0 radical (unpaired) electrons. The van der Waals surface area contributed by atoms with Gasteiger partial charge in [-0.2, -0.15) is 0 Å². The molecule has 11 heteroatoms. The van der Waals surface area contributed by atoms with Crippen molar-refractivity contribution in [3.63, 3.8) is 0 Å². The SMILES string of the molecule is C=CC(=O)N1CCN2C(=O)c3c(N4CC(N5CCC(N(C)C)C5)CC4(C)C)nc(-c4ccccc4F)c(Cl)c3OC[C@H]2C1. The number of likely N-dealkylation sites (tertiary alicyclic amines) is 1. The van der Waals surface area contributed by atoms with Crippen molar-refractivity contribution in [2.24, 2.45) is 0 Å². The lowest BCUT2D eigenvalue weighted by Crippen LogP contribution is -2.57. The quantitative estimate of drug-likeness (QED) is 0.478. The second-order valence-corrected chi connectivity index (χ2v) is 13.3. The number of halogens is 2. The van der Waals surface area contributed by atoms with Gasteiger partial charge in [-0.05, 0) is 59.0 Å². The Morgan fingerprint density at radius 3 is 2.63 bits per heavy atom. The van der Waals surface area contributed by atoms with Gasteiger partial charge in [0.15, 0.2) is 5.75 Å². The van der Waals surface area contributed by atoms with E-state index in [9.17, 15) is 9.59 Å². The molecule has 0 saturated carbocycles. The third-order valence-electron chi connectivity index (χ3n) is 9.62. The summed E-state index contributed by atoms with van der Waals surface area (Å²) in [5.74, 6) is -0.188. The molecule has 230 valence electrons. The second-order valence-electron chi connectivity index (χ2n) is 12.9. The molecule has 0 spiro atoms. The van der Waals surface area contributed by atoms with Gasteiger partial charge in [0.2, 0.25) is 5.91 Å². The van der Waals surface area contributed by atoms with E-state index in [-0.39, 0.29) is 58.1 Å². The van der Waals surface area contributed by atoms with Crippen molar-refractivity contribution in [3.8, 4) is 17.0 Å². The fraction of sp³-hybridized carbons (Fsp3) is 0.531. The smallest absolute Gasteiger partial charge is 0.261 e. The predicted octanol–water partition coefficient (Wildman–Crippen LogP) is 3.77. The van der Waals surface area contributed by atoms with Crippen LogP contribution in [0.25, 0.3) is 11.3 Å². The molecule has 9 nitrogen and oxygen atoms in total. The first-order valence-corrected chi connectivity index (χ1v) is 15.4. The molecule has 0 bridgehead atoms. The molecule has 1 aromatic heterocycles. The number of hydrogen-bond donors (Lipinski definition) is 0. The van der Waals surface area contributed by atoms with E-state index in [4.69, 9.17) is 21.3 Å². The van der Waals surface area contributed by atoms with Crippen molar-refractivity contribution in [2.45, 2.75) is 50.4 Å². The van der Waals surface area contributed by atoms with E-state index in [1.165, 1.54) is 12.1 Å². The van der Waals surface area contributed by atoms with Crippen LogP contribution in [0.5, 0.6) is 5.75 Å². The lowest BCUT2D eigenvalue weighted by Gasteiger charge is -2.40. The number of carbonyl (C=O) groups is 2. The Labute approximate surface area is 257 Å². The minimum absolute atomic E-state index is 0.109. The number of aromatic nitrogens is 1. The third-order valence-corrected chi connectivity index (χ3v) is 9.98. The first-order chi connectivity index (χ1) is 20.5. The van der Waals surface area contributed by atoms with Gasteiger partial charge in [-0.25, -0.2) is 9.37 Å². The molecule has 3 saturated heterocycles. The van der Waals surface area contributed by atoms with Crippen LogP contribution in [0.2, 0.25) is 5.02 Å². The zero-order chi connectivity index (χ0) is 30.6. The highest BCUT2D eigenvalue weighted by Gasteiger charge is 2.47. The number of piperazine rings is 1. The molecule has 4 aliphatic rings. The Kier molecular flexibility index (Phi) is 7.89. The van der Waals surface area contributed by atoms with Crippen LogP contribution in [0.15, 0.2) is 36.9 Å². The molecule has 1 aromatic carbocycles. The van der Waals surface area contributed by atoms with Crippen LogP contribution in [-0.4, -0.2) is 120 Å². The molecular formula is C32H40ClFN6O3. The van der Waals surface area contributed by atoms with Gasteiger partial charge in [-0.15, -0.1) is 0 Å². The average Bonchev–Trinajstić information content (AvgIpc) is 3.57. The van der Waals surface area contributed by atoms with E-state index in [1.54, 1.807) is 28.0 Å². The van der Waals surface area contributed by atoms with Gasteiger partial charge in [-0.1, -0.05) is 30.3 Å².